The van der Waals surface area contributed by atoms with Crippen molar-refractivity contribution in [3.8, 4) is 6.07 Å². The number of fused-ring (bicyclic) bond motifs is 1. The molecule has 4 aliphatic carbocycles. The van der Waals surface area contributed by atoms with E-state index < -0.39 is 11.2 Å². The van der Waals surface area contributed by atoms with Gasteiger partial charge in [0, 0.05) is 5.41 Å². The van der Waals surface area contributed by atoms with Gasteiger partial charge in [0.1, 0.15) is 22.1 Å². The lowest BCUT2D eigenvalue weighted by Gasteiger charge is -2.56. The zero-order valence-corrected chi connectivity index (χ0v) is 16.3. The number of nitriles is 1. The van der Waals surface area contributed by atoms with Crippen molar-refractivity contribution in [1.29, 1.82) is 5.26 Å². The number of aromatic amines is 2. The SMILES string of the molecule is N#Cc1c(SCC(=O)C23CC4CC(CC(C4)C2)C3)sc2c(=O)[nH]c(=O)[nH]c12. The van der Waals surface area contributed by atoms with Crippen molar-refractivity contribution in [3.63, 3.8) is 0 Å². The number of hydrogen-bond acceptors (Lipinski definition) is 6. The van der Waals surface area contributed by atoms with Crippen LogP contribution >= 0.6 is 23.1 Å². The van der Waals surface area contributed by atoms with E-state index in [0.717, 1.165) is 19.3 Å². The smallest absolute Gasteiger partial charge is 0.305 e. The highest BCUT2D eigenvalue weighted by molar-refractivity contribution is 8.02. The number of nitrogens with one attached hydrogen (secondary N) is 2. The Hall–Kier alpha value is -1.85. The lowest BCUT2D eigenvalue weighted by atomic mass is 9.48. The second-order valence-electron chi connectivity index (χ2n) is 8.40. The zero-order chi connectivity index (χ0) is 18.8. The fourth-order valence-electron chi connectivity index (χ4n) is 5.93. The Labute approximate surface area is 163 Å². The number of carbonyl (C=O) groups is 1. The van der Waals surface area contributed by atoms with Crippen LogP contribution in [-0.4, -0.2) is 21.5 Å². The normalized spacial score (nSPS) is 31.3. The molecule has 2 N–H and O–H groups in total. The maximum atomic E-state index is 13.2. The molecule has 4 bridgehead atoms. The number of thioether (sulfide) groups is 1. The molecule has 8 heteroatoms. The molecule has 4 fully saturated rings. The van der Waals surface area contributed by atoms with Crippen LogP contribution in [0.3, 0.4) is 0 Å². The minimum atomic E-state index is -0.622. The van der Waals surface area contributed by atoms with E-state index in [1.54, 1.807) is 0 Å². The van der Waals surface area contributed by atoms with Gasteiger partial charge in [-0.05, 0) is 56.3 Å². The van der Waals surface area contributed by atoms with Crippen LogP contribution in [-0.2, 0) is 4.79 Å². The number of Topliss-reactive ketones (excluding diaryl/α,β-unsaturated/α-hetero) is 1. The van der Waals surface area contributed by atoms with Gasteiger partial charge in [-0.25, -0.2) is 4.79 Å². The monoisotopic (exact) mass is 401 g/mol. The molecule has 0 radical (unpaired) electrons. The molecule has 2 aromatic rings. The average Bonchev–Trinajstić information content (AvgIpc) is 2.96. The van der Waals surface area contributed by atoms with Crippen LogP contribution in [0.1, 0.15) is 44.1 Å². The van der Waals surface area contributed by atoms with E-state index in [2.05, 4.69) is 16.0 Å². The first-order valence-corrected chi connectivity index (χ1v) is 11.1. The zero-order valence-electron chi connectivity index (χ0n) is 14.7. The maximum Gasteiger partial charge on any atom is 0.326 e. The minimum Gasteiger partial charge on any atom is -0.305 e. The van der Waals surface area contributed by atoms with Crippen molar-refractivity contribution in [3.05, 3.63) is 26.4 Å². The van der Waals surface area contributed by atoms with Crippen LogP contribution in [0.25, 0.3) is 10.2 Å². The van der Waals surface area contributed by atoms with Crippen LogP contribution in [0.15, 0.2) is 13.8 Å². The summed E-state index contributed by atoms with van der Waals surface area (Å²) in [6, 6.07) is 2.09. The number of rotatable bonds is 4. The van der Waals surface area contributed by atoms with Gasteiger partial charge in [0.25, 0.3) is 5.56 Å². The van der Waals surface area contributed by atoms with Gasteiger partial charge in [-0.3, -0.25) is 14.6 Å². The summed E-state index contributed by atoms with van der Waals surface area (Å²) in [5, 5.41) is 9.51. The molecule has 140 valence electrons. The maximum absolute atomic E-state index is 13.2. The third-order valence-corrected chi connectivity index (χ3v) is 9.08. The largest absolute Gasteiger partial charge is 0.326 e. The highest BCUT2D eigenvalue weighted by atomic mass is 32.2. The Morgan fingerprint density at radius 1 is 1.15 bits per heavy atom. The van der Waals surface area contributed by atoms with E-state index in [1.807, 2.05) is 0 Å². The Morgan fingerprint density at radius 3 is 2.37 bits per heavy atom. The molecule has 4 aliphatic rings. The highest BCUT2D eigenvalue weighted by Gasteiger charge is 2.54. The van der Waals surface area contributed by atoms with Gasteiger partial charge >= 0.3 is 5.69 Å². The van der Waals surface area contributed by atoms with Crippen LogP contribution in [0.4, 0.5) is 0 Å². The molecule has 6 rings (SSSR count). The second kappa shape index (κ2) is 6.08. The number of carbonyl (C=O) groups excluding carboxylic acids is 1. The molecule has 0 aromatic carbocycles. The summed E-state index contributed by atoms with van der Waals surface area (Å²) < 4.78 is 0.967. The standard InChI is InChI=1S/C19H19N3O3S2/c20-7-12-14-15(16(24)22-18(25)21-14)27-17(12)26-8-13(23)19-4-9-1-10(5-19)3-11(2-9)6-19/h9-11H,1-6,8H2,(H2,21,22,24,25). The number of H-pyrrole nitrogens is 2. The van der Waals surface area contributed by atoms with Gasteiger partial charge in [-0.15, -0.1) is 23.1 Å². The van der Waals surface area contributed by atoms with Gasteiger partial charge in [-0.2, -0.15) is 5.26 Å². The molecule has 2 aromatic heterocycles. The van der Waals surface area contributed by atoms with Crippen molar-refractivity contribution in [1.82, 2.24) is 9.97 Å². The summed E-state index contributed by atoms with van der Waals surface area (Å²) in [6.07, 6.45) is 6.98. The van der Waals surface area contributed by atoms with Crippen molar-refractivity contribution in [2.45, 2.75) is 42.7 Å². The number of hydrogen-bond donors (Lipinski definition) is 2. The lowest BCUT2D eigenvalue weighted by Crippen LogP contribution is -2.50. The third kappa shape index (κ3) is 2.71. The predicted molar refractivity (Wildman–Crippen MR) is 104 cm³/mol. The predicted octanol–water partition coefficient (Wildman–Crippen LogP) is 3.03. The Bertz CT molecular complexity index is 1070. The lowest BCUT2D eigenvalue weighted by molar-refractivity contribution is -0.141. The van der Waals surface area contributed by atoms with Crippen LogP contribution in [0.2, 0.25) is 0 Å². The highest BCUT2D eigenvalue weighted by Crippen LogP contribution is 2.60. The van der Waals surface area contributed by atoms with Crippen molar-refractivity contribution in [2.24, 2.45) is 23.2 Å². The van der Waals surface area contributed by atoms with E-state index >= 15 is 0 Å². The summed E-state index contributed by atoms with van der Waals surface area (Å²) >= 11 is 2.52. The third-order valence-electron chi connectivity index (χ3n) is 6.62. The first kappa shape index (κ1) is 17.3. The number of ketones is 1. The van der Waals surface area contributed by atoms with Gasteiger partial charge < -0.3 is 4.98 Å². The first-order valence-electron chi connectivity index (χ1n) is 9.33. The Kier molecular flexibility index (Phi) is 3.89. The van der Waals surface area contributed by atoms with Crippen LogP contribution < -0.4 is 11.2 Å². The van der Waals surface area contributed by atoms with E-state index in [-0.39, 0.29) is 10.9 Å². The topological polar surface area (TPSA) is 107 Å². The Balaban J connectivity index is 1.41. The molecule has 0 saturated heterocycles. The number of nitrogens with zero attached hydrogens (tertiary/aromatic N) is 1. The minimum absolute atomic E-state index is 0.156. The molecule has 0 aliphatic heterocycles. The molecule has 0 spiro atoms. The van der Waals surface area contributed by atoms with Crippen molar-refractivity contribution >= 4 is 39.1 Å². The summed E-state index contributed by atoms with van der Waals surface area (Å²) in [6.45, 7) is 0. The molecule has 0 unspecified atom stereocenters. The van der Waals surface area contributed by atoms with Gasteiger partial charge in [0.15, 0.2) is 0 Å². The fourth-order valence-corrected chi connectivity index (χ4v) is 8.29. The van der Waals surface area contributed by atoms with Crippen molar-refractivity contribution < 1.29 is 4.79 Å². The van der Waals surface area contributed by atoms with Gasteiger partial charge in [-0.1, -0.05) is 0 Å². The average molecular weight is 402 g/mol. The number of aromatic nitrogens is 2. The van der Waals surface area contributed by atoms with Crippen molar-refractivity contribution in [2.75, 3.05) is 5.75 Å². The van der Waals surface area contributed by atoms with E-state index in [4.69, 9.17) is 0 Å². The van der Waals surface area contributed by atoms with E-state index in [0.29, 0.717) is 43.8 Å². The Morgan fingerprint density at radius 2 is 1.78 bits per heavy atom. The molecule has 27 heavy (non-hydrogen) atoms. The molecule has 6 nitrogen and oxygen atoms in total. The summed E-state index contributed by atoms with van der Waals surface area (Å²) in [5.41, 5.74) is -0.697. The summed E-state index contributed by atoms with van der Waals surface area (Å²) in [7, 11) is 0. The molecule has 4 saturated carbocycles. The summed E-state index contributed by atoms with van der Waals surface area (Å²) in [4.78, 5) is 41.4. The van der Waals surface area contributed by atoms with Crippen LogP contribution in [0, 0.1) is 34.5 Å². The molecular weight excluding hydrogens is 382 g/mol. The molecular formula is C19H19N3O3S2. The molecule has 0 amide bonds. The molecule has 0 atom stereocenters. The quantitative estimate of drug-likeness (QED) is 0.766. The van der Waals surface area contributed by atoms with E-state index in [1.165, 1.54) is 42.4 Å². The second-order valence-corrected chi connectivity index (χ2v) is 10.7. The summed E-state index contributed by atoms with van der Waals surface area (Å²) in [5.74, 6) is 2.78. The molecule has 2 heterocycles. The van der Waals surface area contributed by atoms with Crippen LogP contribution in [0.5, 0.6) is 0 Å². The fraction of sp³-hybridized carbons (Fsp3) is 0.579. The first-order chi connectivity index (χ1) is 13.0. The van der Waals surface area contributed by atoms with Gasteiger partial charge in [0.05, 0.1) is 15.5 Å². The van der Waals surface area contributed by atoms with Gasteiger partial charge in [0.2, 0.25) is 0 Å². The number of thiophene rings is 1. The van der Waals surface area contributed by atoms with E-state index in [9.17, 15) is 19.6 Å².